The van der Waals surface area contributed by atoms with Crippen LogP contribution in [0.15, 0.2) is 18.2 Å². The minimum absolute atomic E-state index is 0.248. The molecule has 1 aromatic carbocycles. The molecule has 0 bridgehead atoms. The Balaban J connectivity index is 2.85. The maximum Gasteiger partial charge on any atom is 0.337 e. The first kappa shape index (κ1) is 15.3. The number of carboxylic acid groups (broad SMARTS) is 1. The van der Waals surface area contributed by atoms with E-state index in [0.717, 1.165) is 32.1 Å². The number of aromatic carboxylic acids is 1. The number of unbranched alkanes of at least 4 members (excludes halogenated alkanes) is 1. The molecule has 19 heavy (non-hydrogen) atoms. The van der Waals surface area contributed by atoms with Crippen LogP contribution in [0.1, 0.15) is 56.3 Å². The van der Waals surface area contributed by atoms with Crippen molar-refractivity contribution in [3.63, 3.8) is 0 Å². The third-order valence-corrected chi connectivity index (χ3v) is 3.18. The zero-order valence-corrected chi connectivity index (χ0v) is 11.8. The summed E-state index contributed by atoms with van der Waals surface area (Å²) in [5, 5.41) is 12.6. The summed E-state index contributed by atoms with van der Waals surface area (Å²) >= 11 is 0. The van der Waals surface area contributed by atoms with Crippen molar-refractivity contribution in [3.05, 3.63) is 23.8 Å². The maximum absolute atomic E-state index is 11.2. The Hall–Kier alpha value is -1.71. The summed E-state index contributed by atoms with van der Waals surface area (Å²) in [6.07, 6.45) is 5.49. The van der Waals surface area contributed by atoms with Gasteiger partial charge in [0.2, 0.25) is 0 Å². The smallest absolute Gasteiger partial charge is 0.337 e. The Kier molecular flexibility index (Phi) is 6.19. The van der Waals surface area contributed by atoms with Crippen LogP contribution in [0.4, 0.5) is 11.4 Å². The lowest BCUT2D eigenvalue weighted by molar-refractivity contribution is 0.0698. The van der Waals surface area contributed by atoms with Gasteiger partial charge in [-0.1, -0.05) is 33.1 Å². The van der Waals surface area contributed by atoms with Gasteiger partial charge in [0.05, 0.1) is 5.56 Å². The Labute approximate surface area is 115 Å². The molecule has 1 unspecified atom stereocenters. The minimum Gasteiger partial charge on any atom is -0.478 e. The van der Waals surface area contributed by atoms with Crippen LogP contribution in [-0.2, 0) is 0 Å². The van der Waals surface area contributed by atoms with Gasteiger partial charge in [-0.2, -0.15) is 0 Å². The lowest BCUT2D eigenvalue weighted by Crippen LogP contribution is -2.21. The molecule has 1 aromatic rings. The van der Waals surface area contributed by atoms with E-state index in [4.69, 9.17) is 5.73 Å². The quantitative estimate of drug-likeness (QED) is 0.625. The summed E-state index contributed by atoms with van der Waals surface area (Å²) in [4.78, 5) is 11.2. The first-order valence-electron chi connectivity index (χ1n) is 6.97. The van der Waals surface area contributed by atoms with Crippen LogP contribution in [0.3, 0.4) is 0 Å². The van der Waals surface area contributed by atoms with E-state index in [1.807, 2.05) is 0 Å². The maximum atomic E-state index is 11.2. The summed E-state index contributed by atoms with van der Waals surface area (Å²) in [6, 6.07) is 5.32. The molecular weight excluding hydrogens is 240 g/mol. The molecular formula is C15H24N2O2. The second-order valence-electron chi connectivity index (χ2n) is 4.88. The number of benzene rings is 1. The summed E-state index contributed by atoms with van der Waals surface area (Å²) in [5.41, 5.74) is 7.03. The molecule has 1 atom stereocenters. The van der Waals surface area contributed by atoms with Gasteiger partial charge in [0, 0.05) is 17.4 Å². The number of hydrogen-bond acceptors (Lipinski definition) is 3. The highest BCUT2D eigenvalue weighted by molar-refractivity contribution is 5.95. The summed E-state index contributed by atoms with van der Waals surface area (Å²) < 4.78 is 0. The van der Waals surface area contributed by atoms with Gasteiger partial charge in [-0.25, -0.2) is 4.79 Å². The van der Waals surface area contributed by atoms with Crippen molar-refractivity contribution in [1.82, 2.24) is 0 Å². The molecule has 0 saturated carbocycles. The van der Waals surface area contributed by atoms with E-state index in [2.05, 4.69) is 19.2 Å². The highest BCUT2D eigenvalue weighted by atomic mass is 16.4. The molecule has 0 aliphatic heterocycles. The summed E-state index contributed by atoms with van der Waals surface area (Å²) in [6.45, 7) is 4.30. The number of hydrogen-bond donors (Lipinski definition) is 3. The number of carbonyl (C=O) groups is 1. The molecule has 0 aromatic heterocycles. The number of rotatable bonds is 8. The number of carboxylic acids is 1. The Bertz CT molecular complexity index is 419. The average molecular weight is 264 g/mol. The van der Waals surface area contributed by atoms with E-state index < -0.39 is 5.97 Å². The van der Waals surface area contributed by atoms with Gasteiger partial charge in [-0.05, 0) is 31.0 Å². The zero-order chi connectivity index (χ0) is 14.3. The normalized spacial score (nSPS) is 12.1. The molecule has 0 fully saturated rings. The number of anilines is 2. The van der Waals surface area contributed by atoms with Crippen LogP contribution >= 0.6 is 0 Å². The third kappa shape index (κ3) is 4.81. The van der Waals surface area contributed by atoms with Gasteiger partial charge in [0.15, 0.2) is 0 Å². The number of nitrogens with two attached hydrogens (primary N) is 1. The van der Waals surface area contributed by atoms with E-state index in [1.54, 1.807) is 12.1 Å². The molecule has 0 amide bonds. The average Bonchev–Trinajstić information content (AvgIpc) is 2.38. The molecule has 4 heteroatoms. The Morgan fingerprint density at radius 2 is 2.05 bits per heavy atom. The lowest BCUT2D eigenvalue weighted by atomic mass is 10.0. The highest BCUT2D eigenvalue weighted by Crippen LogP contribution is 2.22. The van der Waals surface area contributed by atoms with E-state index in [-0.39, 0.29) is 5.56 Å². The first-order valence-corrected chi connectivity index (χ1v) is 6.97. The van der Waals surface area contributed by atoms with E-state index >= 15 is 0 Å². The first-order chi connectivity index (χ1) is 9.08. The predicted octanol–water partition coefficient (Wildman–Crippen LogP) is 3.74. The fourth-order valence-corrected chi connectivity index (χ4v) is 2.17. The number of nitrogens with one attached hydrogen (secondary N) is 1. The SMILES string of the molecule is CCCCC(CCC)Nc1ccc(N)cc1C(=O)O. The topological polar surface area (TPSA) is 75.3 Å². The standard InChI is InChI=1S/C15H24N2O2/c1-3-5-7-12(6-4-2)17-14-9-8-11(16)10-13(14)15(18)19/h8-10,12,17H,3-7,16H2,1-2H3,(H,18,19). The zero-order valence-electron chi connectivity index (χ0n) is 11.8. The van der Waals surface area contributed by atoms with Crippen LogP contribution in [0.2, 0.25) is 0 Å². The molecule has 1 rings (SSSR count). The van der Waals surface area contributed by atoms with Crippen molar-refractivity contribution in [2.45, 2.75) is 52.0 Å². The van der Waals surface area contributed by atoms with Crippen molar-refractivity contribution >= 4 is 17.3 Å². The minimum atomic E-state index is -0.944. The fourth-order valence-electron chi connectivity index (χ4n) is 2.17. The second kappa shape index (κ2) is 7.67. The molecule has 106 valence electrons. The molecule has 0 radical (unpaired) electrons. The monoisotopic (exact) mass is 264 g/mol. The van der Waals surface area contributed by atoms with Crippen LogP contribution in [-0.4, -0.2) is 17.1 Å². The second-order valence-corrected chi connectivity index (χ2v) is 4.88. The van der Waals surface area contributed by atoms with Crippen molar-refractivity contribution in [2.75, 3.05) is 11.1 Å². The van der Waals surface area contributed by atoms with Gasteiger partial charge >= 0.3 is 5.97 Å². The van der Waals surface area contributed by atoms with Gasteiger partial charge in [0.1, 0.15) is 0 Å². The van der Waals surface area contributed by atoms with Crippen molar-refractivity contribution < 1.29 is 9.90 Å². The van der Waals surface area contributed by atoms with Gasteiger partial charge < -0.3 is 16.2 Å². The predicted molar refractivity (Wildman–Crippen MR) is 79.7 cm³/mol. The van der Waals surface area contributed by atoms with Crippen LogP contribution in [0, 0.1) is 0 Å². The molecule has 0 heterocycles. The van der Waals surface area contributed by atoms with Crippen LogP contribution in [0.25, 0.3) is 0 Å². The Morgan fingerprint density at radius 1 is 1.32 bits per heavy atom. The fraction of sp³-hybridized carbons (Fsp3) is 0.533. The molecule has 0 aliphatic rings. The van der Waals surface area contributed by atoms with Gasteiger partial charge in [0.25, 0.3) is 0 Å². The van der Waals surface area contributed by atoms with Crippen molar-refractivity contribution in [3.8, 4) is 0 Å². The Morgan fingerprint density at radius 3 is 2.63 bits per heavy atom. The molecule has 0 saturated heterocycles. The van der Waals surface area contributed by atoms with E-state index in [1.165, 1.54) is 6.07 Å². The van der Waals surface area contributed by atoms with E-state index in [0.29, 0.717) is 17.4 Å². The van der Waals surface area contributed by atoms with Crippen LogP contribution in [0.5, 0.6) is 0 Å². The van der Waals surface area contributed by atoms with Gasteiger partial charge in [-0.15, -0.1) is 0 Å². The lowest BCUT2D eigenvalue weighted by Gasteiger charge is -2.20. The van der Waals surface area contributed by atoms with E-state index in [9.17, 15) is 9.90 Å². The number of nitrogen functional groups attached to an aromatic ring is 1. The van der Waals surface area contributed by atoms with Crippen molar-refractivity contribution in [2.24, 2.45) is 0 Å². The molecule has 0 aliphatic carbocycles. The summed E-state index contributed by atoms with van der Waals surface area (Å²) in [5.74, 6) is -0.944. The third-order valence-electron chi connectivity index (χ3n) is 3.18. The van der Waals surface area contributed by atoms with Crippen molar-refractivity contribution in [1.29, 1.82) is 0 Å². The highest BCUT2D eigenvalue weighted by Gasteiger charge is 2.14. The van der Waals surface area contributed by atoms with Crippen LogP contribution < -0.4 is 11.1 Å². The largest absolute Gasteiger partial charge is 0.478 e. The molecule has 4 nitrogen and oxygen atoms in total. The molecule has 4 N–H and O–H groups in total. The molecule has 0 spiro atoms. The van der Waals surface area contributed by atoms with Gasteiger partial charge in [-0.3, -0.25) is 0 Å². The summed E-state index contributed by atoms with van der Waals surface area (Å²) in [7, 11) is 0.